The summed E-state index contributed by atoms with van der Waals surface area (Å²) in [7, 11) is 0. The van der Waals surface area contributed by atoms with Gasteiger partial charge in [-0.3, -0.25) is 0 Å². The number of fused-ring (bicyclic) bond motifs is 1. The Labute approximate surface area is 75.4 Å². The molecule has 0 radical (unpaired) electrons. The van der Waals surface area contributed by atoms with Gasteiger partial charge in [0, 0.05) is 6.26 Å². The van der Waals surface area contributed by atoms with E-state index in [2.05, 4.69) is 4.42 Å². The molecule has 1 aromatic carbocycles. The molecule has 2 rings (SSSR count). The summed E-state index contributed by atoms with van der Waals surface area (Å²) < 4.78 is 4.66. The molecule has 0 amide bonds. The van der Waals surface area contributed by atoms with Crippen molar-refractivity contribution in [3.05, 3.63) is 40.9 Å². The molecule has 0 saturated heterocycles. The van der Waals surface area contributed by atoms with Crippen LogP contribution in [-0.2, 0) is 0 Å². The van der Waals surface area contributed by atoms with Gasteiger partial charge in [-0.1, -0.05) is 17.5 Å². The van der Waals surface area contributed by atoms with E-state index < -0.39 is 0 Å². The van der Waals surface area contributed by atoms with E-state index in [1.165, 1.54) is 6.26 Å². The first-order chi connectivity index (χ1) is 4.88. The largest absolute Gasteiger partial charge is 1.00 e. The van der Waals surface area contributed by atoms with Gasteiger partial charge in [-0.05, 0) is 0 Å². The summed E-state index contributed by atoms with van der Waals surface area (Å²) in [5.74, 6) is 0. The van der Waals surface area contributed by atoms with Crippen molar-refractivity contribution in [2.45, 2.75) is 0 Å². The van der Waals surface area contributed by atoms with Crippen LogP contribution in [-0.4, -0.2) is 0 Å². The molecular formula is C8H5LiO2. The minimum Gasteiger partial charge on any atom is -0.528 e. The van der Waals surface area contributed by atoms with E-state index in [0.717, 1.165) is 5.39 Å². The minimum atomic E-state index is -0.254. The molecule has 0 saturated carbocycles. The summed E-state index contributed by atoms with van der Waals surface area (Å²) >= 11 is 0. The van der Waals surface area contributed by atoms with Crippen LogP contribution in [0.3, 0.4) is 0 Å². The monoisotopic (exact) mass is 140 g/mol. The first-order valence-corrected chi connectivity index (χ1v) is 3.01. The fourth-order valence-electron chi connectivity index (χ4n) is 0.966. The summed E-state index contributed by atoms with van der Waals surface area (Å²) in [4.78, 5) is 10.8. The third kappa shape index (κ3) is 1.28. The van der Waals surface area contributed by atoms with Gasteiger partial charge in [-0.15, -0.1) is 17.5 Å². The van der Waals surface area contributed by atoms with Crippen LogP contribution >= 0.6 is 0 Å². The van der Waals surface area contributed by atoms with Crippen LogP contribution in [0.25, 0.3) is 10.8 Å². The van der Waals surface area contributed by atoms with Gasteiger partial charge in [0.15, 0.2) is 0 Å². The van der Waals surface area contributed by atoms with Crippen molar-refractivity contribution >= 4 is 10.8 Å². The molecule has 3 heteroatoms. The average molecular weight is 140 g/mol. The second-order valence-electron chi connectivity index (χ2n) is 2.11. The fraction of sp³-hybridized carbons (Fsp3) is 0. The predicted molar refractivity (Wildman–Crippen MR) is 38.1 cm³/mol. The molecule has 0 aliphatic rings. The van der Waals surface area contributed by atoms with Crippen molar-refractivity contribution in [2.24, 2.45) is 0 Å². The van der Waals surface area contributed by atoms with E-state index in [9.17, 15) is 4.79 Å². The first kappa shape index (κ1) is 8.26. The van der Waals surface area contributed by atoms with Crippen molar-refractivity contribution in [1.82, 2.24) is 0 Å². The Hall–Kier alpha value is -0.843. The van der Waals surface area contributed by atoms with Gasteiger partial charge in [0.25, 0.3) is 0 Å². The topological polar surface area (TPSA) is 30.2 Å². The molecular weight excluding hydrogens is 135 g/mol. The number of rotatable bonds is 0. The van der Waals surface area contributed by atoms with Crippen LogP contribution in [0.5, 0.6) is 0 Å². The maximum absolute atomic E-state index is 10.8. The van der Waals surface area contributed by atoms with Gasteiger partial charge in [0.1, 0.15) is 0 Å². The zero-order valence-electron chi connectivity index (χ0n) is 6.20. The number of hydrogen-bond donors (Lipinski definition) is 0. The molecule has 0 unspecified atom stereocenters. The van der Waals surface area contributed by atoms with E-state index >= 15 is 0 Å². The van der Waals surface area contributed by atoms with Crippen molar-refractivity contribution < 1.29 is 23.3 Å². The number of benzene rings is 1. The van der Waals surface area contributed by atoms with E-state index in [1.807, 2.05) is 18.2 Å². The van der Waals surface area contributed by atoms with E-state index in [1.54, 1.807) is 6.07 Å². The maximum atomic E-state index is 10.8. The van der Waals surface area contributed by atoms with Gasteiger partial charge in [-0.2, -0.15) is 0 Å². The molecule has 11 heavy (non-hydrogen) atoms. The quantitative estimate of drug-likeness (QED) is 0.330. The maximum Gasteiger partial charge on any atom is 1.00 e. The van der Waals surface area contributed by atoms with Gasteiger partial charge < -0.3 is 9.21 Å². The van der Waals surface area contributed by atoms with Crippen LogP contribution in [0.4, 0.5) is 0 Å². The zero-order chi connectivity index (χ0) is 6.97. The summed E-state index contributed by atoms with van der Waals surface area (Å²) in [6.07, 6.45) is 1.47. The van der Waals surface area contributed by atoms with Crippen molar-refractivity contribution in [3.8, 4) is 0 Å². The van der Waals surface area contributed by atoms with Crippen molar-refractivity contribution in [3.63, 3.8) is 0 Å². The minimum absolute atomic E-state index is 0. The Bertz CT molecular complexity index is 399. The fourth-order valence-corrected chi connectivity index (χ4v) is 0.966. The van der Waals surface area contributed by atoms with E-state index in [0.29, 0.717) is 5.39 Å². The van der Waals surface area contributed by atoms with Crippen molar-refractivity contribution in [1.29, 1.82) is 0 Å². The van der Waals surface area contributed by atoms with Crippen LogP contribution < -0.4 is 24.5 Å². The Morgan fingerprint density at radius 1 is 1.27 bits per heavy atom. The zero-order valence-corrected chi connectivity index (χ0v) is 6.20. The van der Waals surface area contributed by atoms with Gasteiger partial charge >= 0.3 is 18.9 Å². The Morgan fingerprint density at radius 2 is 2.00 bits per heavy atom. The molecule has 0 aliphatic carbocycles. The molecule has 50 valence electrons. The molecule has 0 spiro atoms. The second-order valence-corrected chi connectivity index (χ2v) is 2.11. The van der Waals surface area contributed by atoms with Crippen LogP contribution in [0.2, 0.25) is 0 Å². The summed E-state index contributed by atoms with van der Waals surface area (Å²) in [6, 6.07) is 7.29. The third-order valence-corrected chi connectivity index (χ3v) is 1.47. The molecule has 0 N–H and O–H groups in total. The van der Waals surface area contributed by atoms with Crippen LogP contribution in [0, 0.1) is 0 Å². The summed E-state index contributed by atoms with van der Waals surface area (Å²) in [5.41, 5.74) is -0.254. The van der Waals surface area contributed by atoms with E-state index in [-0.39, 0.29) is 24.5 Å². The molecule has 0 fully saturated rings. The third-order valence-electron chi connectivity index (χ3n) is 1.47. The molecule has 0 bridgehead atoms. The molecule has 0 atom stereocenters. The average Bonchev–Trinajstić information content (AvgIpc) is 2.34. The summed E-state index contributed by atoms with van der Waals surface area (Å²) in [6.45, 7) is 0. The van der Waals surface area contributed by atoms with Gasteiger partial charge in [0.05, 0.1) is 0 Å². The summed E-state index contributed by atoms with van der Waals surface area (Å²) in [5, 5.41) is 1.52. The molecule has 0 aliphatic heterocycles. The molecule has 2 aromatic rings. The number of furan rings is 1. The smallest absolute Gasteiger partial charge is 0.528 e. The first-order valence-electron chi connectivity index (χ1n) is 3.01. The molecule has 1 aromatic heterocycles. The van der Waals surface area contributed by atoms with Crippen LogP contribution in [0.15, 0.2) is 39.7 Å². The molecule has 2 nitrogen and oxygen atoms in total. The number of hydrogen-bond acceptors (Lipinski definition) is 2. The normalized spacial score (nSPS) is 9.45. The van der Waals surface area contributed by atoms with Crippen LogP contribution in [0.1, 0.15) is 0 Å². The standard InChI is InChI=1S/C8H5O2.Li/c9-8-7-4-2-1-3-6(7)5-10-8;/h1-5H;/q-1;+1. The SMILES string of the molecule is O=c1o[cH-]c2ccccc12.[Li+]. The van der Waals surface area contributed by atoms with Crippen molar-refractivity contribution in [2.75, 3.05) is 0 Å². The second kappa shape index (κ2) is 3.04. The Balaban J connectivity index is 0.000000605. The Kier molecular flexibility index (Phi) is 2.28. The Morgan fingerprint density at radius 3 is 2.73 bits per heavy atom. The molecule has 1 heterocycles. The predicted octanol–water partition coefficient (Wildman–Crippen LogP) is -1.48. The van der Waals surface area contributed by atoms with Gasteiger partial charge in [-0.25, -0.2) is 0 Å². The van der Waals surface area contributed by atoms with E-state index in [4.69, 9.17) is 0 Å². The van der Waals surface area contributed by atoms with Gasteiger partial charge in [0.2, 0.25) is 5.63 Å².